The second-order valence-corrected chi connectivity index (χ2v) is 5.21. The van der Waals surface area contributed by atoms with Gasteiger partial charge in [-0.25, -0.2) is 4.39 Å². The zero-order chi connectivity index (χ0) is 17.4. The van der Waals surface area contributed by atoms with Crippen LogP contribution in [0.5, 0.6) is 11.5 Å². The van der Waals surface area contributed by atoms with Crippen molar-refractivity contribution >= 4 is 5.97 Å². The summed E-state index contributed by atoms with van der Waals surface area (Å²) in [5, 5.41) is 0. The topological polar surface area (TPSA) is 44.8 Å². The first kappa shape index (κ1) is 17.8. The highest BCUT2D eigenvalue weighted by molar-refractivity contribution is 5.69. The Labute approximate surface area is 141 Å². The zero-order valence-electron chi connectivity index (χ0n) is 13.9. The Kier molecular flexibility index (Phi) is 6.61. The summed E-state index contributed by atoms with van der Waals surface area (Å²) in [6.07, 6.45) is 0.654. The molecule has 0 radical (unpaired) electrons. The molecule has 0 spiro atoms. The number of methoxy groups -OCH3 is 1. The van der Waals surface area contributed by atoms with E-state index in [1.54, 1.807) is 31.4 Å². The predicted octanol–water partition coefficient (Wildman–Crippen LogP) is 3.91. The minimum atomic E-state index is -0.327. The maximum atomic E-state index is 13.1. The highest BCUT2D eigenvalue weighted by Crippen LogP contribution is 2.28. The molecule has 0 amide bonds. The largest absolute Gasteiger partial charge is 0.493 e. The minimum absolute atomic E-state index is 0.157. The first-order chi connectivity index (χ1) is 11.6. The lowest BCUT2D eigenvalue weighted by atomic mass is 10.1. The van der Waals surface area contributed by atoms with Crippen molar-refractivity contribution in [1.82, 2.24) is 0 Å². The average molecular weight is 332 g/mol. The van der Waals surface area contributed by atoms with Crippen LogP contribution in [0.1, 0.15) is 24.5 Å². The van der Waals surface area contributed by atoms with E-state index in [2.05, 4.69) is 0 Å². The molecule has 2 rings (SSSR count). The normalized spacial score (nSPS) is 10.3. The lowest BCUT2D eigenvalue weighted by molar-refractivity contribution is -0.144. The van der Waals surface area contributed by atoms with Gasteiger partial charge < -0.3 is 14.2 Å². The Morgan fingerprint density at radius 1 is 1.08 bits per heavy atom. The number of aryl methyl sites for hydroxylation is 1. The van der Waals surface area contributed by atoms with Gasteiger partial charge in [-0.05, 0) is 48.7 Å². The van der Waals surface area contributed by atoms with E-state index in [4.69, 9.17) is 14.2 Å². The molecule has 0 aliphatic heterocycles. The Hall–Kier alpha value is -2.56. The van der Waals surface area contributed by atoms with Crippen LogP contribution >= 0.6 is 0 Å². The van der Waals surface area contributed by atoms with Crippen molar-refractivity contribution in [3.05, 3.63) is 59.4 Å². The van der Waals surface area contributed by atoms with Gasteiger partial charge in [-0.15, -0.1) is 0 Å². The van der Waals surface area contributed by atoms with Crippen molar-refractivity contribution in [2.24, 2.45) is 0 Å². The fourth-order valence-corrected chi connectivity index (χ4v) is 2.25. The predicted molar refractivity (Wildman–Crippen MR) is 88.7 cm³/mol. The maximum absolute atomic E-state index is 13.1. The first-order valence-electron chi connectivity index (χ1n) is 7.82. The zero-order valence-corrected chi connectivity index (χ0v) is 13.9. The van der Waals surface area contributed by atoms with Gasteiger partial charge >= 0.3 is 5.97 Å². The van der Waals surface area contributed by atoms with Crippen molar-refractivity contribution in [2.75, 3.05) is 13.7 Å². The third-order valence-corrected chi connectivity index (χ3v) is 3.43. The van der Waals surface area contributed by atoms with Crippen LogP contribution in [0.25, 0.3) is 0 Å². The summed E-state index contributed by atoms with van der Waals surface area (Å²) >= 11 is 0. The molecule has 0 fully saturated rings. The van der Waals surface area contributed by atoms with Gasteiger partial charge in [0.05, 0.1) is 13.7 Å². The van der Waals surface area contributed by atoms with Crippen LogP contribution in [-0.4, -0.2) is 19.7 Å². The smallest absolute Gasteiger partial charge is 0.306 e. The monoisotopic (exact) mass is 332 g/mol. The van der Waals surface area contributed by atoms with Crippen LogP contribution in [-0.2, 0) is 22.6 Å². The number of halogens is 1. The van der Waals surface area contributed by atoms with Gasteiger partial charge in [-0.2, -0.15) is 0 Å². The van der Waals surface area contributed by atoms with Gasteiger partial charge in [-0.3, -0.25) is 4.79 Å². The molecule has 0 saturated carbocycles. The second kappa shape index (κ2) is 8.91. The molecule has 5 heteroatoms. The SMILES string of the molecule is CCOc1ccc(COC(=O)CCc2cccc(F)c2)cc1OC. The van der Waals surface area contributed by atoms with E-state index >= 15 is 0 Å². The highest BCUT2D eigenvalue weighted by atomic mass is 19.1. The van der Waals surface area contributed by atoms with Crippen LogP contribution in [0, 0.1) is 5.82 Å². The number of rotatable bonds is 8. The Bertz CT molecular complexity index is 685. The average Bonchev–Trinajstić information content (AvgIpc) is 2.59. The molecule has 0 unspecified atom stereocenters. The van der Waals surface area contributed by atoms with Crippen LogP contribution in [0.3, 0.4) is 0 Å². The number of ether oxygens (including phenoxy) is 3. The van der Waals surface area contributed by atoms with Crippen LogP contribution < -0.4 is 9.47 Å². The van der Waals surface area contributed by atoms with E-state index in [0.717, 1.165) is 11.1 Å². The van der Waals surface area contributed by atoms with Gasteiger partial charge in [0.1, 0.15) is 12.4 Å². The quantitative estimate of drug-likeness (QED) is 0.688. The molecule has 0 heterocycles. The molecular formula is C19H21FO4. The summed E-state index contributed by atoms with van der Waals surface area (Å²) in [5.74, 6) is 0.626. The van der Waals surface area contributed by atoms with Crippen LogP contribution in [0.2, 0.25) is 0 Å². The number of esters is 1. The summed E-state index contributed by atoms with van der Waals surface area (Å²) in [6.45, 7) is 2.60. The summed E-state index contributed by atoms with van der Waals surface area (Å²) in [7, 11) is 1.56. The molecule has 128 valence electrons. The molecule has 0 saturated heterocycles. The fourth-order valence-electron chi connectivity index (χ4n) is 2.25. The summed E-state index contributed by atoms with van der Waals surface area (Å²) in [4.78, 5) is 11.8. The second-order valence-electron chi connectivity index (χ2n) is 5.21. The number of carbonyl (C=O) groups excluding carboxylic acids is 1. The summed E-state index contributed by atoms with van der Waals surface area (Å²) in [6, 6.07) is 11.6. The van der Waals surface area contributed by atoms with E-state index in [-0.39, 0.29) is 24.8 Å². The standard InChI is InChI=1S/C19H21FO4/c1-3-23-17-9-7-15(12-18(17)22-2)13-24-19(21)10-8-14-5-4-6-16(20)11-14/h4-7,9,11-12H,3,8,10,13H2,1-2H3. The van der Waals surface area contributed by atoms with Gasteiger partial charge in [0.15, 0.2) is 11.5 Å². The van der Waals surface area contributed by atoms with Crippen LogP contribution in [0.4, 0.5) is 4.39 Å². The molecule has 0 N–H and O–H groups in total. The van der Waals surface area contributed by atoms with Crippen molar-refractivity contribution in [1.29, 1.82) is 0 Å². The maximum Gasteiger partial charge on any atom is 0.306 e. The van der Waals surface area contributed by atoms with E-state index in [1.165, 1.54) is 12.1 Å². The van der Waals surface area contributed by atoms with Gasteiger partial charge in [-0.1, -0.05) is 18.2 Å². The van der Waals surface area contributed by atoms with Gasteiger partial charge in [0.25, 0.3) is 0 Å². The molecule has 4 nitrogen and oxygen atoms in total. The molecule has 0 aliphatic rings. The fraction of sp³-hybridized carbons (Fsp3) is 0.316. The van der Waals surface area contributed by atoms with E-state index in [9.17, 15) is 9.18 Å². The van der Waals surface area contributed by atoms with Crippen molar-refractivity contribution in [3.8, 4) is 11.5 Å². The molecule has 0 aromatic heterocycles. The van der Waals surface area contributed by atoms with Gasteiger partial charge in [0, 0.05) is 6.42 Å². The van der Waals surface area contributed by atoms with Crippen molar-refractivity contribution < 1.29 is 23.4 Å². The molecule has 0 aliphatic carbocycles. The van der Waals surface area contributed by atoms with Crippen molar-refractivity contribution in [2.45, 2.75) is 26.4 Å². The number of hydrogen-bond acceptors (Lipinski definition) is 4. The molecule has 0 bridgehead atoms. The highest BCUT2D eigenvalue weighted by Gasteiger charge is 2.08. The third kappa shape index (κ3) is 5.26. The van der Waals surface area contributed by atoms with E-state index in [1.807, 2.05) is 13.0 Å². The Morgan fingerprint density at radius 2 is 1.92 bits per heavy atom. The first-order valence-corrected chi connectivity index (χ1v) is 7.82. The molecule has 24 heavy (non-hydrogen) atoms. The summed E-state index contributed by atoms with van der Waals surface area (Å²) in [5.41, 5.74) is 1.59. The molecule has 2 aromatic rings. The van der Waals surface area contributed by atoms with Gasteiger partial charge in [0.2, 0.25) is 0 Å². The van der Waals surface area contributed by atoms with Crippen molar-refractivity contribution in [3.63, 3.8) is 0 Å². The van der Waals surface area contributed by atoms with Crippen LogP contribution in [0.15, 0.2) is 42.5 Å². The Balaban J connectivity index is 1.85. The summed E-state index contributed by atoms with van der Waals surface area (Å²) < 4.78 is 29.0. The lowest BCUT2D eigenvalue weighted by Gasteiger charge is -2.11. The third-order valence-electron chi connectivity index (χ3n) is 3.43. The molecular weight excluding hydrogens is 311 g/mol. The lowest BCUT2D eigenvalue weighted by Crippen LogP contribution is -2.06. The minimum Gasteiger partial charge on any atom is -0.493 e. The molecule has 2 aromatic carbocycles. The Morgan fingerprint density at radius 3 is 2.62 bits per heavy atom. The van der Waals surface area contributed by atoms with E-state index < -0.39 is 0 Å². The number of hydrogen-bond donors (Lipinski definition) is 0. The van der Waals surface area contributed by atoms with E-state index in [0.29, 0.717) is 24.5 Å². The number of carbonyl (C=O) groups is 1. The molecule has 0 atom stereocenters. The number of benzene rings is 2.